The molecule has 0 radical (unpaired) electrons. The topological polar surface area (TPSA) is 70.7 Å². The highest BCUT2D eigenvalue weighted by Gasteiger charge is 2.19. The molecule has 0 saturated carbocycles. The summed E-state index contributed by atoms with van der Waals surface area (Å²) in [6.07, 6.45) is 0. The third-order valence-electron chi connectivity index (χ3n) is 3.07. The molecule has 0 aliphatic heterocycles. The van der Waals surface area contributed by atoms with Crippen LogP contribution in [0.4, 0.5) is 4.79 Å². The molecule has 1 aromatic carbocycles. The van der Waals surface area contributed by atoms with E-state index in [0.717, 1.165) is 5.75 Å². The summed E-state index contributed by atoms with van der Waals surface area (Å²) >= 11 is 0. The van der Waals surface area contributed by atoms with E-state index in [4.69, 9.17) is 4.74 Å². The Morgan fingerprint density at radius 2 is 1.95 bits per heavy atom. The molecular weight excluding hydrogens is 270 g/mol. The second-order valence-electron chi connectivity index (χ2n) is 4.67. The molecule has 6 heteroatoms. The third-order valence-corrected chi connectivity index (χ3v) is 3.07. The number of nitrogens with one attached hydrogen (secondary N) is 2. The molecule has 3 amide bonds. The molecule has 6 nitrogen and oxygen atoms in total. The maximum atomic E-state index is 11.8. The van der Waals surface area contributed by atoms with Crippen molar-refractivity contribution in [1.29, 1.82) is 0 Å². The smallest absolute Gasteiger partial charge is 0.321 e. The monoisotopic (exact) mass is 293 g/mol. The summed E-state index contributed by atoms with van der Waals surface area (Å²) in [4.78, 5) is 25.0. The number of imide groups is 1. The van der Waals surface area contributed by atoms with Gasteiger partial charge in [0, 0.05) is 13.1 Å². The van der Waals surface area contributed by atoms with Gasteiger partial charge in [0.15, 0.2) is 0 Å². The van der Waals surface area contributed by atoms with Gasteiger partial charge in [0.1, 0.15) is 12.4 Å². The summed E-state index contributed by atoms with van der Waals surface area (Å²) in [5, 5.41) is 4.82. The number of ether oxygens (including phenoxy) is 1. The summed E-state index contributed by atoms with van der Waals surface area (Å²) in [5.41, 5.74) is 0. The Labute approximate surface area is 125 Å². The normalized spacial score (nSPS) is 11.8. The van der Waals surface area contributed by atoms with Gasteiger partial charge in [-0.05, 0) is 33.0 Å². The maximum absolute atomic E-state index is 11.8. The third kappa shape index (κ3) is 6.27. The number of benzene rings is 1. The molecule has 1 atom stereocenters. The van der Waals surface area contributed by atoms with Crippen molar-refractivity contribution in [3.8, 4) is 5.75 Å². The quantitative estimate of drug-likeness (QED) is 0.793. The van der Waals surface area contributed by atoms with Gasteiger partial charge < -0.3 is 10.1 Å². The van der Waals surface area contributed by atoms with Crippen LogP contribution >= 0.6 is 0 Å². The lowest BCUT2D eigenvalue weighted by atomic mass is 10.3. The van der Waals surface area contributed by atoms with Crippen molar-refractivity contribution in [2.75, 3.05) is 26.7 Å². The highest BCUT2D eigenvalue weighted by atomic mass is 16.5. The van der Waals surface area contributed by atoms with Crippen LogP contribution in [-0.2, 0) is 4.79 Å². The molecule has 0 aliphatic carbocycles. The molecule has 0 heterocycles. The van der Waals surface area contributed by atoms with Crippen LogP contribution in [0.25, 0.3) is 0 Å². The van der Waals surface area contributed by atoms with Crippen molar-refractivity contribution in [3.05, 3.63) is 30.3 Å². The van der Waals surface area contributed by atoms with Gasteiger partial charge >= 0.3 is 6.03 Å². The van der Waals surface area contributed by atoms with Crippen molar-refractivity contribution in [1.82, 2.24) is 15.5 Å². The van der Waals surface area contributed by atoms with Gasteiger partial charge in [0.2, 0.25) is 5.91 Å². The number of likely N-dealkylation sites (N-methyl/N-ethyl adjacent to an activating group) is 1. The lowest BCUT2D eigenvalue weighted by Gasteiger charge is -2.23. The van der Waals surface area contributed by atoms with Crippen LogP contribution in [0, 0.1) is 0 Å². The zero-order chi connectivity index (χ0) is 15.7. The number of para-hydroxylation sites is 1. The Morgan fingerprint density at radius 1 is 1.29 bits per heavy atom. The number of hydrogen-bond acceptors (Lipinski definition) is 4. The molecule has 116 valence electrons. The van der Waals surface area contributed by atoms with Crippen molar-refractivity contribution in [3.63, 3.8) is 0 Å². The van der Waals surface area contributed by atoms with Crippen LogP contribution in [0.15, 0.2) is 30.3 Å². The predicted octanol–water partition coefficient (Wildman–Crippen LogP) is 1.23. The van der Waals surface area contributed by atoms with Crippen LogP contribution in [0.1, 0.15) is 13.8 Å². The molecule has 0 spiro atoms. The lowest BCUT2D eigenvalue weighted by molar-refractivity contribution is -0.124. The number of rotatable bonds is 7. The van der Waals surface area contributed by atoms with Gasteiger partial charge in [-0.2, -0.15) is 0 Å². The van der Waals surface area contributed by atoms with E-state index in [9.17, 15) is 9.59 Å². The van der Waals surface area contributed by atoms with E-state index in [2.05, 4.69) is 10.6 Å². The van der Waals surface area contributed by atoms with E-state index >= 15 is 0 Å². The molecular formula is C15H23N3O3. The number of carbonyl (C=O) groups is 2. The standard InChI is InChI=1S/C15H23N3O3/c1-4-16-15(20)17-14(19)12(2)18(3)10-11-21-13-8-6-5-7-9-13/h5-9,12H,4,10-11H2,1-3H3,(H2,16,17,19,20). The van der Waals surface area contributed by atoms with Crippen molar-refractivity contribution < 1.29 is 14.3 Å². The molecule has 2 N–H and O–H groups in total. The van der Waals surface area contributed by atoms with Gasteiger partial charge in [-0.3, -0.25) is 15.0 Å². The second-order valence-corrected chi connectivity index (χ2v) is 4.67. The van der Waals surface area contributed by atoms with Crippen LogP contribution in [0.3, 0.4) is 0 Å². The van der Waals surface area contributed by atoms with Gasteiger partial charge in [0.25, 0.3) is 0 Å². The molecule has 0 bridgehead atoms. The molecule has 21 heavy (non-hydrogen) atoms. The average Bonchev–Trinajstić information content (AvgIpc) is 2.47. The lowest BCUT2D eigenvalue weighted by Crippen LogP contribution is -2.49. The zero-order valence-electron chi connectivity index (χ0n) is 12.8. The Balaban J connectivity index is 2.31. The Bertz CT molecular complexity index is 451. The number of hydrogen-bond donors (Lipinski definition) is 2. The SMILES string of the molecule is CCNC(=O)NC(=O)C(C)N(C)CCOc1ccccc1. The number of amides is 3. The summed E-state index contributed by atoms with van der Waals surface area (Å²) in [7, 11) is 1.82. The van der Waals surface area contributed by atoms with Crippen LogP contribution < -0.4 is 15.4 Å². The highest BCUT2D eigenvalue weighted by Crippen LogP contribution is 2.08. The minimum Gasteiger partial charge on any atom is -0.492 e. The maximum Gasteiger partial charge on any atom is 0.321 e. The number of nitrogens with zero attached hydrogens (tertiary/aromatic N) is 1. The summed E-state index contributed by atoms with van der Waals surface area (Å²) in [6.45, 7) is 5.07. The molecule has 0 aliphatic rings. The van der Waals surface area contributed by atoms with Crippen LogP contribution in [0.5, 0.6) is 5.75 Å². The molecule has 1 rings (SSSR count). The van der Waals surface area contributed by atoms with E-state index in [1.807, 2.05) is 42.3 Å². The first-order chi connectivity index (χ1) is 10.0. The fraction of sp³-hybridized carbons (Fsp3) is 0.467. The minimum absolute atomic E-state index is 0.330. The predicted molar refractivity (Wildman–Crippen MR) is 81.2 cm³/mol. The first kappa shape index (κ1) is 17.0. The first-order valence-electron chi connectivity index (χ1n) is 7.01. The van der Waals surface area contributed by atoms with Gasteiger partial charge in [0.05, 0.1) is 6.04 Å². The Morgan fingerprint density at radius 3 is 2.57 bits per heavy atom. The van der Waals surface area contributed by atoms with E-state index in [-0.39, 0.29) is 5.91 Å². The fourth-order valence-electron chi connectivity index (χ4n) is 1.64. The van der Waals surface area contributed by atoms with E-state index < -0.39 is 12.1 Å². The molecule has 0 fully saturated rings. The van der Waals surface area contributed by atoms with Gasteiger partial charge in [-0.25, -0.2) is 4.79 Å². The zero-order valence-corrected chi connectivity index (χ0v) is 12.8. The summed E-state index contributed by atoms with van der Waals surface area (Å²) in [5.74, 6) is 0.466. The van der Waals surface area contributed by atoms with Crippen molar-refractivity contribution in [2.45, 2.75) is 19.9 Å². The van der Waals surface area contributed by atoms with Gasteiger partial charge in [-0.15, -0.1) is 0 Å². The Hall–Kier alpha value is -2.08. The minimum atomic E-state index is -0.469. The van der Waals surface area contributed by atoms with Crippen LogP contribution in [0.2, 0.25) is 0 Å². The highest BCUT2D eigenvalue weighted by molar-refractivity contribution is 5.96. The summed E-state index contributed by atoms with van der Waals surface area (Å²) in [6, 6.07) is 8.61. The molecule has 1 aromatic rings. The fourth-order valence-corrected chi connectivity index (χ4v) is 1.64. The van der Waals surface area contributed by atoms with Crippen LogP contribution in [-0.4, -0.2) is 49.6 Å². The van der Waals surface area contributed by atoms with E-state index in [1.54, 1.807) is 13.8 Å². The van der Waals surface area contributed by atoms with Crippen molar-refractivity contribution >= 4 is 11.9 Å². The first-order valence-corrected chi connectivity index (χ1v) is 7.01. The second kappa shape index (κ2) is 8.97. The number of carbonyl (C=O) groups excluding carboxylic acids is 2. The average molecular weight is 293 g/mol. The van der Waals surface area contributed by atoms with Gasteiger partial charge in [-0.1, -0.05) is 18.2 Å². The van der Waals surface area contributed by atoms with E-state index in [1.165, 1.54) is 0 Å². The summed E-state index contributed by atoms with van der Waals surface area (Å²) < 4.78 is 5.57. The van der Waals surface area contributed by atoms with Crippen molar-refractivity contribution in [2.24, 2.45) is 0 Å². The largest absolute Gasteiger partial charge is 0.492 e. The molecule has 0 aromatic heterocycles. The Kier molecular flexibility index (Phi) is 7.25. The molecule has 0 saturated heterocycles. The number of urea groups is 1. The van der Waals surface area contributed by atoms with E-state index in [0.29, 0.717) is 19.7 Å². The molecule has 1 unspecified atom stereocenters.